The minimum Gasteiger partial charge on any atom is -0.454 e. The van der Waals surface area contributed by atoms with Crippen molar-refractivity contribution in [1.82, 2.24) is 10.2 Å². The van der Waals surface area contributed by atoms with E-state index in [9.17, 15) is 19.2 Å². The number of nitrogens with zero attached hydrogens (tertiary/aromatic N) is 1. The van der Waals surface area contributed by atoms with Crippen molar-refractivity contribution in [2.75, 3.05) is 13.2 Å². The zero-order chi connectivity index (χ0) is 19.3. The highest BCUT2D eigenvalue weighted by Crippen LogP contribution is 2.27. The molecule has 0 bridgehead atoms. The topological polar surface area (TPSA) is 92.8 Å². The van der Waals surface area contributed by atoms with Crippen LogP contribution in [0, 0.1) is 5.92 Å². The van der Waals surface area contributed by atoms with E-state index in [2.05, 4.69) is 5.32 Å². The Morgan fingerprint density at radius 1 is 1.12 bits per heavy atom. The molecule has 0 aromatic heterocycles. The number of hydrogen-bond donors (Lipinski definition) is 1. The molecule has 1 aliphatic heterocycles. The van der Waals surface area contributed by atoms with Crippen LogP contribution in [0.15, 0.2) is 24.3 Å². The van der Waals surface area contributed by atoms with Gasteiger partial charge in [0.15, 0.2) is 6.61 Å². The number of ether oxygens (including phenoxy) is 1. The summed E-state index contributed by atoms with van der Waals surface area (Å²) >= 11 is 0. The summed E-state index contributed by atoms with van der Waals surface area (Å²) in [6, 6.07) is 5.40. The maximum Gasteiger partial charge on any atom is 0.329 e. The van der Waals surface area contributed by atoms with Gasteiger partial charge < -0.3 is 10.1 Å². The number of fused-ring (bicyclic) bond motifs is 1. The molecule has 140 valence electrons. The van der Waals surface area contributed by atoms with Gasteiger partial charge in [0.25, 0.3) is 17.7 Å². The number of imide groups is 1. The fraction of sp³-hybridized carbons (Fsp3) is 0.474. The van der Waals surface area contributed by atoms with Gasteiger partial charge in [0.05, 0.1) is 11.1 Å². The van der Waals surface area contributed by atoms with Gasteiger partial charge in [-0.2, -0.15) is 0 Å². The van der Waals surface area contributed by atoms with Gasteiger partial charge in [0.2, 0.25) is 0 Å². The second-order valence-electron chi connectivity index (χ2n) is 6.63. The van der Waals surface area contributed by atoms with Gasteiger partial charge in [0, 0.05) is 6.54 Å². The van der Waals surface area contributed by atoms with E-state index >= 15 is 0 Å². The quantitative estimate of drug-likeness (QED) is 0.563. The van der Waals surface area contributed by atoms with E-state index in [1.54, 1.807) is 24.3 Å². The molecule has 1 aromatic rings. The average molecular weight is 360 g/mol. The number of hydrogen-bond acceptors (Lipinski definition) is 5. The van der Waals surface area contributed by atoms with E-state index in [-0.39, 0.29) is 23.5 Å². The second kappa shape index (κ2) is 8.60. The molecule has 7 heteroatoms. The summed E-state index contributed by atoms with van der Waals surface area (Å²) in [6.45, 7) is 5.73. The molecule has 0 radical (unpaired) electrons. The fourth-order valence-electron chi connectivity index (χ4n) is 2.79. The molecule has 1 unspecified atom stereocenters. The number of carbonyl (C=O) groups is 4. The van der Waals surface area contributed by atoms with E-state index < -0.39 is 36.3 Å². The summed E-state index contributed by atoms with van der Waals surface area (Å²) < 4.78 is 5.07. The maximum atomic E-state index is 12.6. The summed E-state index contributed by atoms with van der Waals surface area (Å²) in [5, 5.41) is 2.61. The van der Waals surface area contributed by atoms with Crippen LogP contribution in [0.25, 0.3) is 0 Å². The Bertz CT molecular complexity index is 679. The molecule has 0 spiro atoms. The number of benzene rings is 1. The van der Waals surface area contributed by atoms with E-state index in [0.29, 0.717) is 6.54 Å². The summed E-state index contributed by atoms with van der Waals surface area (Å²) in [5.41, 5.74) is 0.555. The molecule has 2 rings (SSSR count). The van der Waals surface area contributed by atoms with Crippen molar-refractivity contribution in [1.29, 1.82) is 0 Å². The Balaban J connectivity index is 2.15. The first-order valence-electron chi connectivity index (χ1n) is 8.77. The van der Waals surface area contributed by atoms with Crippen molar-refractivity contribution < 1.29 is 23.9 Å². The normalized spacial score (nSPS) is 14.4. The molecule has 3 amide bonds. The third-order valence-corrected chi connectivity index (χ3v) is 4.02. The molecule has 1 N–H and O–H groups in total. The first kappa shape index (κ1) is 19.6. The molecule has 1 aromatic carbocycles. The molecule has 1 heterocycles. The fourth-order valence-corrected chi connectivity index (χ4v) is 2.79. The standard InChI is InChI=1S/C19H24N2O5/c1-4-9-20-16(22)11-26-19(25)15(10-12(2)3)21-17(23)13-7-5-6-8-14(13)18(21)24/h5-8,12,15H,4,9-11H2,1-3H3,(H,20,22). The molecule has 1 atom stereocenters. The Morgan fingerprint density at radius 2 is 1.69 bits per heavy atom. The first-order chi connectivity index (χ1) is 12.4. The average Bonchev–Trinajstić information content (AvgIpc) is 2.87. The van der Waals surface area contributed by atoms with Gasteiger partial charge in [-0.05, 0) is 30.9 Å². The zero-order valence-electron chi connectivity index (χ0n) is 15.3. The summed E-state index contributed by atoms with van der Waals surface area (Å²) in [6.07, 6.45) is 1.03. The summed E-state index contributed by atoms with van der Waals surface area (Å²) in [4.78, 5) is 50.4. The SMILES string of the molecule is CCCNC(=O)COC(=O)C(CC(C)C)N1C(=O)c2ccccc2C1=O. The van der Waals surface area contributed by atoms with Crippen LogP contribution in [-0.4, -0.2) is 47.8 Å². The van der Waals surface area contributed by atoms with Gasteiger partial charge in [-0.25, -0.2) is 4.79 Å². The Labute approximate surface area is 152 Å². The van der Waals surface area contributed by atoms with E-state index in [1.807, 2.05) is 20.8 Å². The molecular weight excluding hydrogens is 336 g/mol. The third kappa shape index (κ3) is 4.28. The Hall–Kier alpha value is -2.70. The number of esters is 1. The van der Waals surface area contributed by atoms with Gasteiger partial charge in [-0.1, -0.05) is 32.9 Å². The monoisotopic (exact) mass is 360 g/mol. The lowest BCUT2D eigenvalue weighted by Gasteiger charge is -2.25. The first-order valence-corrected chi connectivity index (χ1v) is 8.77. The van der Waals surface area contributed by atoms with E-state index in [1.165, 1.54) is 0 Å². The second-order valence-corrected chi connectivity index (χ2v) is 6.63. The summed E-state index contributed by atoms with van der Waals surface area (Å²) in [5.74, 6) is -2.14. The van der Waals surface area contributed by atoms with E-state index in [4.69, 9.17) is 4.74 Å². The van der Waals surface area contributed by atoms with Crippen LogP contribution in [0.2, 0.25) is 0 Å². The van der Waals surface area contributed by atoms with Gasteiger partial charge in [0.1, 0.15) is 6.04 Å². The van der Waals surface area contributed by atoms with Gasteiger partial charge in [-0.3, -0.25) is 19.3 Å². The van der Waals surface area contributed by atoms with Crippen molar-refractivity contribution >= 4 is 23.7 Å². The zero-order valence-corrected chi connectivity index (χ0v) is 15.3. The van der Waals surface area contributed by atoms with Crippen molar-refractivity contribution in [2.45, 2.75) is 39.7 Å². The molecular formula is C19H24N2O5. The highest BCUT2D eigenvalue weighted by atomic mass is 16.5. The van der Waals surface area contributed by atoms with Crippen molar-refractivity contribution in [3.63, 3.8) is 0 Å². The van der Waals surface area contributed by atoms with Crippen LogP contribution in [0.3, 0.4) is 0 Å². The lowest BCUT2D eigenvalue weighted by molar-refractivity contribution is -0.152. The minimum atomic E-state index is -1.05. The smallest absolute Gasteiger partial charge is 0.329 e. The number of nitrogens with one attached hydrogen (secondary N) is 1. The Kier molecular flexibility index (Phi) is 6.49. The van der Waals surface area contributed by atoms with Crippen LogP contribution in [0.1, 0.15) is 54.3 Å². The van der Waals surface area contributed by atoms with Gasteiger partial charge in [-0.15, -0.1) is 0 Å². The van der Waals surface area contributed by atoms with Crippen LogP contribution in [-0.2, 0) is 14.3 Å². The minimum absolute atomic E-state index is 0.0470. The molecule has 26 heavy (non-hydrogen) atoms. The van der Waals surface area contributed by atoms with E-state index in [0.717, 1.165) is 11.3 Å². The van der Waals surface area contributed by atoms with Crippen LogP contribution < -0.4 is 5.32 Å². The highest BCUT2D eigenvalue weighted by Gasteiger charge is 2.43. The maximum absolute atomic E-state index is 12.6. The molecule has 0 fully saturated rings. The molecule has 0 aliphatic carbocycles. The van der Waals surface area contributed by atoms with Gasteiger partial charge >= 0.3 is 5.97 Å². The van der Waals surface area contributed by atoms with Crippen molar-refractivity contribution in [2.24, 2.45) is 5.92 Å². The lowest BCUT2D eigenvalue weighted by Crippen LogP contribution is -2.47. The molecule has 1 aliphatic rings. The molecule has 0 saturated heterocycles. The predicted octanol–water partition coefficient (Wildman–Crippen LogP) is 1.77. The number of amides is 3. The van der Waals surface area contributed by atoms with Crippen LogP contribution in [0.5, 0.6) is 0 Å². The number of carbonyl (C=O) groups excluding carboxylic acids is 4. The largest absolute Gasteiger partial charge is 0.454 e. The lowest BCUT2D eigenvalue weighted by atomic mass is 10.0. The predicted molar refractivity (Wildman–Crippen MR) is 94.4 cm³/mol. The van der Waals surface area contributed by atoms with Crippen LogP contribution >= 0.6 is 0 Å². The molecule has 7 nitrogen and oxygen atoms in total. The highest BCUT2D eigenvalue weighted by molar-refractivity contribution is 6.22. The Morgan fingerprint density at radius 3 is 2.19 bits per heavy atom. The summed E-state index contributed by atoms with van der Waals surface area (Å²) in [7, 11) is 0. The van der Waals surface area contributed by atoms with Crippen molar-refractivity contribution in [3.8, 4) is 0 Å². The van der Waals surface area contributed by atoms with Crippen molar-refractivity contribution in [3.05, 3.63) is 35.4 Å². The molecule has 0 saturated carbocycles. The van der Waals surface area contributed by atoms with Crippen LogP contribution in [0.4, 0.5) is 0 Å². The third-order valence-electron chi connectivity index (χ3n) is 4.02. The number of rotatable bonds is 8.